The van der Waals surface area contributed by atoms with E-state index in [-0.39, 0.29) is 0 Å². The topological polar surface area (TPSA) is 40.5 Å². The van der Waals surface area contributed by atoms with Gasteiger partial charge >= 0.3 is 0 Å². The van der Waals surface area contributed by atoms with Gasteiger partial charge in [0.2, 0.25) is 0 Å². The Balaban J connectivity index is 1.88. The minimum atomic E-state index is -0.854. The maximum atomic E-state index is 10.3. The van der Waals surface area contributed by atoms with E-state index >= 15 is 0 Å². The van der Waals surface area contributed by atoms with Crippen LogP contribution in [0.2, 0.25) is 0 Å². The number of hydrogen-bond acceptors (Lipinski definition) is 2. The van der Waals surface area contributed by atoms with Crippen molar-refractivity contribution in [2.45, 2.75) is 12.2 Å². The Kier molecular flexibility index (Phi) is 2.25. The minimum Gasteiger partial charge on any atom is -0.386 e. The van der Waals surface area contributed by atoms with Crippen molar-refractivity contribution in [2.24, 2.45) is 0 Å². The predicted molar refractivity (Wildman–Crippen MR) is 88.4 cm³/mol. The molecule has 2 unspecified atom stereocenters. The van der Waals surface area contributed by atoms with Crippen molar-refractivity contribution in [1.29, 1.82) is 0 Å². The lowest BCUT2D eigenvalue weighted by Gasteiger charge is -2.23. The summed E-state index contributed by atoms with van der Waals surface area (Å²) in [5.74, 6) is 0. The van der Waals surface area contributed by atoms with Crippen molar-refractivity contribution in [3.63, 3.8) is 0 Å². The van der Waals surface area contributed by atoms with E-state index in [1.165, 1.54) is 27.5 Å². The molecule has 0 fully saturated rings. The molecule has 0 amide bonds. The fraction of sp³-hybridized carbons (Fsp3) is 0.100. The Hall–Kier alpha value is -2.42. The maximum Gasteiger partial charge on any atom is 0.109 e. The van der Waals surface area contributed by atoms with Crippen molar-refractivity contribution < 1.29 is 10.2 Å². The SMILES string of the molecule is OC1C=Cc2cc3c(cc2C1O)-c1cccc2cccc-3c12. The zero-order valence-electron chi connectivity index (χ0n) is 11.8. The standard InChI is InChI=1S/C20H14O2/c21-18-8-7-12-9-16-13-5-1-3-11-4-2-6-14(19(11)13)17(16)10-15(12)20(18)22/h1-10,18,20-22H. The Labute approximate surface area is 128 Å². The molecule has 2 aliphatic carbocycles. The van der Waals surface area contributed by atoms with Gasteiger partial charge in [-0.05, 0) is 56.3 Å². The molecular weight excluding hydrogens is 272 g/mol. The highest BCUT2D eigenvalue weighted by molar-refractivity contribution is 6.15. The molecule has 2 N–H and O–H groups in total. The van der Waals surface area contributed by atoms with Crippen molar-refractivity contribution in [3.05, 3.63) is 65.7 Å². The molecule has 0 radical (unpaired) electrons. The fourth-order valence-electron chi connectivity index (χ4n) is 3.76. The van der Waals surface area contributed by atoms with Gasteiger partial charge in [-0.15, -0.1) is 0 Å². The molecule has 2 aliphatic rings. The third-order valence-electron chi connectivity index (χ3n) is 4.82. The van der Waals surface area contributed by atoms with Gasteiger partial charge in [0.05, 0.1) is 0 Å². The van der Waals surface area contributed by atoms with Gasteiger partial charge in [-0.3, -0.25) is 0 Å². The van der Waals surface area contributed by atoms with Gasteiger partial charge in [-0.25, -0.2) is 0 Å². The number of fused-ring (bicyclic) bond motifs is 4. The van der Waals surface area contributed by atoms with Gasteiger partial charge in [-0.2, -0.15) is 0 Å². The van der Waals surface area contributed by atoms with Gasteiger partial charge in [0.15, 0.2) is 0 Å². The van der Waals surface area contributed by atoms with Crippen molar-refractivity contribution in [1.82, 2.24) is 0 Å². The Morgan fingerprint density at radius 2 is 1.45 bits per heavy atom. The summed E-state index contributed by atoms with van der Waals surface area (Å²) in [6.45, 7) is 0. The minimum absolute atomic E-state index is 0.804. The molecule has 22 heavy (non-hydrogen) atoms. The van der Waals surface area contributed by atoms with E-state index in [0.29, 0.717) is 0 Å². The molecule has 0 bridgehead atoms. The van der Waals surface area contributed by atoms with Gasteiger partial charge in [0.1, 0.15) is 12.2 Å². The first-order valence-electron chi connectivity index (χ1n) is 7.49. The normalized spacial score (nSPS) is 21.0. The highest BCUT2D eigenvalue weighted by Gasteiger charge is 2.27. The van der Waals surface area contributed by atoms with Gasteiger partial charge in [0, 0.05) is 0 Å². The lowest BCUT2D eigenvalue weighted by Crippen LogP contribution is -2.19. The first-order chi connectivity index (χ1) is 10.7. The number of aliphatic hydroxyl groups is 2. The first kappa shape index (κ1) is 12.2. The van der Waals surface area contributed by atoms with Crippen molar-refractivity contribution in [2.75, 3.05) is 0 Å². The third kappa shape index (κ3) is 1.41. The van der Waals surface area contributed by atoms with Crippen LogP contribution < -0.4 is 0 Å². The van der Waals surface area contributed by atoms with E-state index in [4.69, 9.17) is 0 Å². The average Bonchev–Trinajstić information content (AvgIpc) is 2.86. The molecule has 0 spiro atoms. The molecule has 0 saturated carbocycles. The van der Waals surface area contributed by atoms with E-state index in [0.717, 1.165) is 16.7 Å². The molecular formula is C20H14O2. The molecule has 2 nitrogen and oxygen atoms in total. The number of hydrogen-bond donors (Lipinski definition) is 2. The summed E-state index contributed by atoms with van der Waals surface area (Å²) in [6, 6.07) is 16.9. The zero-order chi connectivity index (χ0) is 14.8. The largest absolute Gasteiger partial charge is 0.386 e. The molecule has 5 rings (SSSR count). The molecule has 0 heterocycles. The maximum absolute atomic E-state index is 10.3. The van der Waals surface area contributed by atoms with Gasteiger partial charge < -0.3 is 10.2 Å². The quantitative estimate of drug-likeness (QED) is 0.514. The fourth-order valence-corrected chi connectivity index (χ4v) is 3.76. The van der Waals surface area contributed by atoms with E-state index in [1.54, 1.807) is 6.08 Å². The van der Waals surface area contributed by atoms with Crippen LogP contribution in [0.1, 0.15) is 17.2 Å². The Morgan fingerprint density at radius 1 is 0.773 bits per heavy atom. The summed E-state index contributed by atoms with van der Waals surface area (Å²) in [5.41, 5.74) is 6.60. The third-order valence-corrected chi connectivity index (χ3v) is 4.82. The van der Waals surface area contributed by atoms with Crippen LogP contribution >= 0.6 is 0 Å². The number of aliphatic hydroxyl groups excluding tert-OH is 2. The van der Waals surface area contributed by atoms with E-state index < -0.39 is 12.2 Å². The average molecular weight is 286 g/mol. The van der Waals surface area contributed by atoms with Crippen LogP contribution in [-0.4, -0.2) is 16.3 Å². The second-order valence-corrected chi connectivity index (χ2v) is 6.03. The zero-order valence-corrected chi connectivity index (χ0v) is 11.8. The highest BCUT2D eigenvalue weighted by atomic mass is 16.3. The monoisotopic (exact) mass is 286 g/mol. The summed E-state index contributed by atoms with van der Waals surface area (Å²) >= 11 is 0. The van der Waals surface area contributed by atoms with Gasteiger partial charge in [-0.1, -0.05) is 48.6 Å². The summed E-state index contributed by atoms with van der Waals surface area (Å²) in [7, 11) is 0. The molecule has 0 aromatic heterocycles. The van der Waals surface area contributed by atoms with Crippen LogP contribution in [0.3, 0.4) is 0 Å². The summed E-state index contributed by atoms with van der Waals surface area (Å²) in [4.78, 5) is 0. The first-order valence-corrected chi connectivity index (χ1v) is 7.49. The number of rotatable bonds is 0. The van der Waals surface area contributed by atoms with Crippen molar-refractivity contribution >= 4 is 16.8 Å². The molecule has 2 heteroatoms. The van der Waals surface area contributed by atoms with Crippen LogP contribution in [-0.2, 0) is 0 Å². The van der Waals surface area contributed by atoms with Crippen LogP contribution in [0.5, 0.6) is 0 Å². The van der Waals surface area contributed by atoms with Crippen LogP contribution in [0.4, 0.5) is 0 Å². The predicted octanol–water partition coefficient (Wildman–Crippen LogP) is 3.91. The molecule has 2 atom stereocenters. The summed E-state index contributed by atoms with van der Waals surface area (Å²) in [5, 5.41) is 22.6. The van der Waals surface area contributed by atoms with Gasteiger partial charge in [0.25, 0.3) is 0 Å². The van der Waals surface area contributed by atoms with Crippen molar-refractivity contribution in [3.8, 4) is 22.3 Å². The molecule has 3 aromatic carbocycles. The smallest absolute Gasteiger partial charge is 0.109 e. The van der Waals surface area contributed by atoms with Crippen LogP contribution in [0.25, 0.3) is 39.1 Å². The second kappa shape index (κ2) is 4.07. The second-order valence-electron chi connectivity index (χ2n) is 6.03. The molecule has 3 aromatic rings. The highest BCUT2D eigenvalue weighted by Crippen LogP contribution is 2.49. The summed E-state index contributed by atoms with van der Waals surface area (Å²) in [6.07, 6.45) is 1.87. The Morgan fingerprint density at radius 3 is 2.18 bits per heavy atom. The van der Waals surface area contributed by atoms with Crippen LogP contribution in [0.15, 0.2) is 54.6 Å². The van der Waals surface area contributed by atoms with E-state index in [9.17, 15) is 10.2 Å². The molecule has 106 valence electrons. The van der Waals surface area contributed by atoms with E-state index in [1.807, 2.05) is 12.1 Å². The van der Waals surface area contributed by atoms with Crippen LogP contribution in [0, 0.1) is 0 Å². The summed E-state index contributed by atoms with van der Waals surface area (Å²) < 4.78 is 0. The number of benzene rings is 3. The molecule has 0 aliphatic heterocycles. The lowest BCUT2D eigenvalue weighted by molar-refractivity contribution is 0.0470. The molecule has 0 saturated heterocycles. The Bertz CT molecular complexity index is 964. The lowest BCUT2D eigenvalue weighted by atomic mass is 9.88. The van der Waals surface area contributed by atoms with E-state index in [2.05, 4.69) is 42.5 Å².